The van der Waals surface area contributed by atoms with Crippen LogP contribution in [0.4, 0.5) is 13.9 Å². The fourth-order valence-electron chi connectivity index (χ4n) is 3.98. The number of nitrogens with one attached hydrogen (secondary N) is 2. The molecule has 1 saturated carbocycles. The second-order valence-corrected chi connectivity index (χ2v) is 8.48. The van der Waals surface area contributed by atoms with Crippen LogP contribution in [0.1, 0.15) is 25.7 Å². The number of rotatable bonds is 5. The molecule has 0 aliphatic heterocycles. The van der Waals surface area contributed by atoms with Gasteiger partial charge in [-0.25, -0.2) is 8.78 Å². The monoisotopic (exact) mass is 434 g/mol. The van der Waals surface area contributed by atoms with Crippen LogP contribution >= 0.6 is 11.3 Å². The molecule has 0 radical (unpaired) electrons. The summed E-state index contributed by atoms with van der Waals surface area (Å²) in [6.45, 7) is 0. The predicted molar refractivity (Wildman–Crippen MR) is 113 cm³/mol. The summed E-state index contributed by atoms with van der Waals surface area (Å²) in [6, 6.07) is 2.07. The van der Waals surface area contributed by atoms with Gasteiger partial charge in [-0.05, 0) is 32.0 Å². The highest BCUT2D eigenvalue weighted by molar-refractivity contribution is 7.18. The lowest BCUT2D eigenvalue weighted by Gasteiger charge is -2.32. The van der Waals surface area contributed by atoms with Crippen LogP contribution in [0.5, 0.6) is 5.75 Å². The van der Waals surface area contributed by atoms with E-state index >= 15 is 4.39 Å². The Bertz CT molecular complexity index is 995. The summed E-state index contributed by atoms with van der Waals surface area (Å²) in [5.74, 6) is -0.607. The predicted octanol–water partition coefficient (Wildman–Crippen LogP) is 3.74. The molecule has 0 spiro atoms. The number of aromatic nitrogens is 4. The Morgan fingerprint density at radius 2 is 2.03 bits per heavy atom. The van der Waals surface area contributed by atoms with Crippen molar-refractivity contribution in [3.63, 3.8) is 0 Å². The van der Waals surface area contributed by atoms with E-state index in [2.05, 4.69) is 25.7 Å². The summed E-state index contributed by atoms with van der Waals surface area (Å²) >= 11 is 1.20. The third-order valence-corrected chi connectivity index (χ3v) is 6.77. The smallest absolute Gasteiger partial charge is 0.208 e. The van der Waals surface area contributed by atoms with Crippen LogP contribution < -0.4 is 10.2 Å². The Balaban J connectivity index is 1.60. The van der Waals surface area contributed by atoms with Crippen LogP contribution in [0.15, 0.2) is 24.5 Å². The lowest BCUT2D eigenvalue weighted by molar-refractivity contribution is 0.215. The van der Waals surface area contributed by atoms with Crippen molar-refractivity contribution < 1.29 is 13.9 Å². The summed E-state index contributed by atoms with van der Waals surface area (Å²) in [6.07, 6.45) is 5.45. The summed E-state index contributed by atoms with van der Waals surface area (Å²) < 4.78 is 29.7. The van der Waals surface area contributed by atoms with Crippen molar-refractivity contribution in [3.8, 4) is 27.4 Å². The third-order valence-electron chi connectivity index (χ3n) is 5.73. The van der Waals surface area contributed by atoms with Crippen LogP contribution in [0.3, 0.4) is 0 Å². The average Bonchev–Trinajstić information content (AvgIpc) is 3.40. The van der Waals surface area contributed by atoms with E-state index < -0.39 is 12.0 Å². The molecular formula is C20H24F2N6OS. The van der Waals surface area contributed by atoms with Gasteiger partial charge >= 0.3 is 0 Å². The molecule has 7 nitrogen and oxygen atoms in total. The van der Waals surface area contributed by atoms with Gasteiger partial charge in [0.05, 0.1) is 17.8 Å². The number of hydrogen-bond donors (Lipinski definition) is 3. The molecule has 0 unspecified atom stereocenters. The molecule has 3 atom stereocenters. The third kappa shape index (κ3) is 3.89. The van der Waals surface area contributed by atoms with Crippen LogP contribution in [0, 0.1) is 5.82 Å². The number of aromatic amines is 1. The average molecular weight is 435 g/mol. The topological polar surface area (TPSA) is 90.0 Å². The summed E-state index contributed by atoms with van der Waals surface area (Å²) in [7, 11) is 3.59. The Hall–Kier alpha value is -2.59. The van der Waals surface area contributed by atoms with E-state index in [9.17, 15) is 9.50 Å². The quantitative estimate of drug-likeness (QED) is 0.530. The van der Waals surface area contributed by atoms with E-state index in [0.717, 1.165) is 25.7 Å². The number of H-pyrrole nitrogens is 1. The molecule has 3 N–H and O–H groups in total. The molecule has 2 aromatic heterocycles. The zero-order valence-electron chi connectivity index (χ0n) is 16.8. The first-order chi connectivity index (χ1) is 14.5. The van der Waals surface area contributed by atoms with Gasteiger partial charge in [-0.3, -0.25) is 5.10 Å². The lowest BCUT2D eigenvalue weighted by Crippen LogP contribution is -2.48. The second kappa shape index (κ2) is 8.65. The van der Waals surface area contributed by atoms with Crippen molar-refractivity contribution in [1.29, 1.82) is 0 Å². The standard InChI is InChI=1S/C20H24F2N6OS/c1-23-15-5-3-4-6-16(18(15)22)28(2)20-27-26-19(30-20)13-7-14(21)12(8-17(13)29)11-9-24-25-10-11/h7-10,15-16,18,23,29H,3-6H2,1-2H3,(H,24,25)/t15-,16+,18-/m0/s1. The molecule has 1 aromatic carbocycles. The van der Waals surface area contributed by atoms with Crippen molar-refractivity contribution in [1.82, 2.24) is 25.7 Å². The summed E-state index contributed by atoms with van der Waals surface area (Å²) in [4.78, 5) is 1.81. The highest BCUT2D eigenvalue weighted by Gasteiger charge is 2.34. The highest BCUT2D eigenvalue weighted by atomic mass is 32.1. The maximum absolute atomic E-state index is 15.1. The molecule has 1 aliphatic rings. The highest BCUT2D eigenvalue weighted by Crippen LogP contribution is 2.39. The first-order valence-corrected chi connectivity index (χ1v) is 10.7. The number of phenols is 1. The van der Waals surface area contributed by atoms with Crippen molar-refractivity contribution in [2.24, 2.45) is 0 Å². The molecule has 160 valence electrons. The number of benzene rings is 1. The van der Waals surface area contributed by atoms with E-state index in [1.54, 1.807) is 13.2 Å². The zero-order valence-corrected chi connectivity index (χ0v) is 17.6. The van der Waals surface area contributed by atoms with E-state index in [0.29, 0.717) is 15.7 Å². The van der Waals surface area contributed by atoms with Gasteiger partial charge in [0.25, 0.3) is 0 Å². The molecule has 0 saturated heterocycles. The van der Waals surface area contributed by atoms with E-state index in [1.807, 2.05) is 11.9 Å². The van der Waals surface area contributed by atoms with Crippen molar-refractivity contribution in [2.45, 2.75) is 43.9 Å². The number of nitrogens with zero attached hydrogens (tertiary/aromatic N) is 4. The molecule has 4 rings (SSSR count). The molecule has 30 heavy (non-hydrogen) atoms. The molecular weight excluding hydrogens is 410 g/mol. The lowest BCUT2D eigenvalue weighted by atomic mass is 10.0. The second-order valence-electron chi connectivity index (χ2n) is 7.53. The first-order valence-electron chi connectivity index (χ1n) is 9.89. The van der Waals surface area contributed by atoms with Gasteiger partial charge in [-0.15, -0.1) is 10.2 Å². The number of alkyl halides is 1. The van der Waals surface area contributed by atoms with E-state index in [4.69, 9.17) is 0 Å². The minimum absolute atomic E-state index is 0.106. The Morgan fingerprint density at radius 1 is 1.23 bits per heavy atom. The number of halogens is 2. The molecule has 0 amide bonds. The Labute approximate surface area is 177 Å². The fraction of sp³-hybridized carbons (Fsp3) is 0.450. The maximum atomic E-state index is 15.1. The molecule has 1 aliphatic carbocycles. The normalized spacial score (nSPS) is 22.1. The van der Waals surface area contributed by atoms with Crippen molar-refractivity contribution in [3.05, 3.63) is 30.3 Å². The van der Waals surface area contributed by atoms with Crippen LogP contribution in [-0.4, -0.2) is 57.9 Å². The van der Waals surface area contributed by atoms with Crippen molar-refractivity contribution in [2.75, 3.05) is 19.0 Å². The van der Waals surface area contributed by atoms with Gasteiger partial charge in [0.1, 0.15) is 17.7 Å². The molecule has 3 aromatic rings. The van der Waals surface area contributed by atoms with Gasteiger partial charge in [-0.2, -0.15) is 5.10 Å². The first kappa shape index (κ1) is 20.7. The van der Waals surface area contributed by atoms with Gasteiger partial charge in [-0.1, -0.05) is 24.2 Å². The molecule has 0 bridgehead atoms. The number of hydrogen-bond acceptors (Lipinski definition) is 7. The molecule has 1 fully saturated rings. The van der Waals surface area contributed by atoms with Gasteiger partial charge in [0.15, 0.2) is 5.01 Å². The van der Waals surface area contributed by atoms with Crippen molar-refractivity contribution >= 4 is 16.5 Å². The number of aromatic hydroxyl groups is 1. The van der Waals surface area contributed by atoms with Gasteiger partial charge in [0.2, 0.25) is 5.13 Å². The maximum Gasteiger partial charge on any atom is 0.208 e. The summed E-state index contributed by atoms with van der Waals surface area (Å²) in [5, 5.41) is 29.2. The van der Waals surface area contributed by atoms with E-state index in [1.165, 1.54) is 29.7 Å². The number of anilines is 1. The molecule has 2 heterocycles. The van der Waals surface area contributed by atoms with Crippen LogP contribution in [0.25, 0.3) is 21.7 Å². The van der Waals surface area contributed by atoms with Crippen LogP contribution in [-0.2, 0) is 0 Å². The minimum atomic E-state index is -1.03. The Morgan fingerprint density at radius 3 is 2.77 bits per heavy atom. The van der Waals surface area contributed by atoms with Gasteiger partial charge in [0, 0.05) is 30.4 Å². The van der Waals surface area contributed by atoms with Crippen LogP contribution in [0.2, 0.25) is 0 Å². The van der Waals surface area contributed by atoms with E-state index in [-0.39, 0.29) is 29.0 Å². The zero-order chi connectivity index (χ0) is 21.3. The fourth-order valence-corrected chi connectivity index (χ4v) is 4.87. The summed E-state index contributed by atoms with van der Waals surface area (Å²) in [5.41, 5.74) is 1.03. The van der Waals surface area contributed by atoms with Gasteiger partial charge < -0.3 is 15.3 Å². The minimum Gasteiger partial charge on any atom is -0.507 e. The number of phenolic OH excluding ortho intramolecular Hbond substituents is 1. The molecule has 10 heteroatoms. The Kier molecular flexibility index (Phi) is 5.96. The largest absolute Gasteiger partial charge is 0.507 e. The SMILES string of the molecule is CN[C@H]1CCCC[C@@H](N(C)c2nnc(-c3cc(F)c(-c4cn[nH]c4)cc3O)s2)[C@H]1F.